The summed E-state index contributed by atoms with van der Waals surface area (Å²) in [7, 11) is 0. The molecule has 2 rings (SSSR count). The molecule has 2 heterocycles. The second-order valence-corrected chi connectivity index (χ2v) is 7.02. The van der Waals surface area contributed by atoms with E-state index in [1.165, 1.54) is 10.6 Å². The standard InChI is InChI=1S/C16H29N3OS/c1-5-7-13-15(10-17-6-2)21-16(18-13)14-11-19(12(3)4)8-9-20-14/h12,14,17H,5-11H2,1-4H3. The summed E-state index contributed by atoms with van der Waals surface area (Å²) < 4.78 is 5.98. The molecule has 0 aliphatic carbocycles. The lowest BCUT2D eigenvalue weighted by molar-refractivity contribution is -0.0403. The second kappa shape index (κ2) is 8.22. The average Bonchev–Trinajstić information content (AvgIpc) is 2.89. The molecular weight excluding hydrogens is 282 g/mol. The third-order valence-electron chi connectivity index (χ3n) is 3.92. The van der Waals surface area contributed by atoms with Crippen molar-refractivity contribution in [2.24, 2.45) is 0 Å². The fraction of sp³-hybridized carbons (Fsp3) is 0.812. The quantitative estimate of drug-likeness (QED) is 0.840. The Balaban J connectivity index is 2.11. The molecule has 4 nitrogen and oxygen atoms in total. The Kier molecular flexibility index (Phi) is 6.61. The summed E-state index contributed by atoms with van der Waals surface area (Å²) in [6.45, 7) is 13.6. The van der Waals surface area contributed by atoms with Crippen LogP contribution in [-0.2, 0) is 17.7 Å². The number of thiazole rings is 1. The minimum Gasteiger partial charge on any atom is -0.368 e. The van der Waals surface area contributed by atoms with Crippen LogP contribution in [0.25, 0.3) is 0 Å². The average molecular weight is 311 g/mol. The largest absolute Gasteiger partial charge is 0.368 e. The number of nitrogens with zero attached hydrogens (tertiary/aromatic N) is 2. The number of hydrogen-bond donors (Lipinski definition) is 1. The summed E-state index contributed by atoms with van der Waals surface area (Å²) in [6.07, 6.45) is 2.36. The van der Waals surface area contributed by atoms with Gasteiger partial charge in [0, 0.05) is 30.6 Å². The number of aromatic nitrogens is 1. The van der Waals surface area contributed by atoms with Crippen LogP contribution in [-0.4, -0.2) is 42.2 Å². The molecule has 1 saturated heterocycles. The van der Waals surface area contributed by atoms with Gasteiger partial charge in [0.2, 0.25) is 0 Å². The maximum Gasteiger partial charge on any atom is 0.123 e. The zero-order valence-corrected chi connectivity index (χ0v) is 14.6. The Labute approximate surface area is 132 Å². The van der Waals surface area contributed by atoms with Gasteiger partial charge in [-0.1, -0.05) is 20.3 Å². The first kappa shape index (κ1) is 16.9. The van der Waals surface area contributed by atoms with Crippen LogP contribution in [0.1, 0.15) is 55.8 Å². The molecule has 21 heavy (non-hydrogen) atoms. The third-order valence-corrected chi connectivity index (χ3v) is 5.11. The van der Waals surface area contributed by atoms with E-state index in [9.17, 15) is 0 Å². The lowest BCUT2D eigenvalue weighted by atomic mass is 10.2. The van der Waals surface area contributed by atoms with Crippen molar-refractivity contribution in [3.8, 4) is 0 Å². The van der Waals surface area contributed by atoms with Gasteiger partial charge in [0.1, 0.15) is 11.1 Å². The molecule has 1 aliphatic heterocycles. The Morgan fingerprint density at radius 3 is 2.90 bits per heavy atom. The normalized spacial score (nSPS) is 20.3. The molecular formula is C16H29N3OS. The molecule has 1 atom stereocenters. The lowest BCUT2D eigenvalue weighted by Crippen LogP contribution is -2.42. The summed E-state index contributed by atoms with van der Waals surface area (Å²) in [5, 5.41) is 4.59. The van der Waals surface area contributed by atoms with E-state index < -0.39 is 0 Å². The smallest absolute Gasteiger partial charge is 0.123 e. The Bertz CT molecular complexity index is 433. The van der Waals surface area contributed by atoms with Crippen molar-refractivity contribution >= 4 is 11.3 Å². The zero-order chi connectivity index (χ0) is 15.2. The number of morpholine rings is 1. The highest BCUT2D eigenvalue weighted by Gasteiger charge is 2.26. The van der Waals surface area contributed by atoms with E-state index in [-0.39, 0.29) is 6.10 Å². The third kappa shape index (κ3) is 4.49. The van der Waals surface area contributed by atoms with Gasteiger partial charge in [-0.3, -0.25) is 4.90 Å². The topological polar surface area (TPSA) is 37.4 Å². The minimum atomic E-state index is 0.150. The van der Waals surface area contributed by atoms with Gasteiger partial charge < -0.3 is 10.1 Å². The predicted octanol–water partition coefficient (Wildman–Crippen LogP) is 2.99. The second-order valence-electron chi connectivity index (χ2n) is 5.90. The van der Waals surface area contributed by atoms with Crippen LogP contribution in [0.2, 0.25) is 0 Å². The zero-order valence-electron chi connectivity index (χ0n) is 13.8. The van der Waals surface area contributed by atoms with Crippen molar-refractivity contribution in [1.82, 2.24) is 15.2 Å². The van der Waals surface area contributed by atoms with Gasteiger partial charge in [0.05, 0.1) is 12.3 Å². The van der Waals surface area contributed by atoms with E-state index in [0.29, 0.717) is 6.04 Å². The van der Waals surface area contributed by atoms with Gasteiger partial charge in [-0.05, 0) is 26.8 Å². The van der Waals surface area contributed by atoms with E-state index in [1.54, 1.807) is 0 Å². The summed E-state index contributed by atoms with van der Waals surface area (Å²) in [5.74, 6) is 0. The monoisotopic (exact) mass is 311 g/mol. The number of aryl methyl sites for hydroxylation is 1. The molecule has 0 amide bonds. The molecule has 0 radical (unpaired) electrons. The molecule has 0 aromatic carbocycles. The number of hydrogen-bond acceptors (Lipinski definition) is 5. The van der Waals surface area contributed by atoms with Crippen LogP contribution >= 0.6 is 11.3 Å². The molecule has 1 aromatic rings. The Morgan fingerprint density at radius 2 is 2.24 bits per heavy atom. The molecule has 0 bridgehead atoms. The van der Waals surface area contributed by atoms with Crippen LogP contribution in [0, 0.1) is 0 Å². The first-order valence-corrected chi connectivity index (χ1v) is 9.02. The Morgan fingerprint density at radius 1 is 1.43 bits per heavy atom. The maximum atomic E-state index is 5.98. The lowest BCUT2D eigenvalue weighted by Gasteiger charge is -2.34. The van der Waals surface area contributed by atoms with Gasteiger partial charge in [-0.15, -0.1) is 11.3 Å². The van der Waals surface area contributed by atoms with Crippen molar-refractivity contribution < 1.29 is 4.74 Å². The SMILES string of the molecule is CCCc1nc(C2CN(C(C)C)CCO2)sc1CNCC. The fourth-order valence-corrected chi connectivity index (χ4v) is 3.76. The van der Waals surface area contributed by atoms with Gasteiger partial charge in [-0.2, -0.15) is 0 Å². The van der Waals surface area contributed by atoms with E-state index >= 15 is 0 Å². The van der Waals surface area contributed by atoms with Gasteiger partial charge in [0.15, 0.2) is 0 Å². The number of ether oxygens (including phenoxy) is 1. The van der Waals surface area contributed by atoms with E-state index in [2.05, 4.69) is 37.9 Å². The van der Waals surface area contributed by atoms with Crippen LogP contribution in [0.5, 0.6) is 0 Å². The van der Waals surface area contributed by atoms with E-state index in [0.717, 1.165) is 50.6 Å². The van der Waals surface area contributed by atoms with Crippen molar-refractivity contribution in [3.63, 3.8) is 0 Å². The maximum absolute atomic E-state index is 5.98. The van der Waals surface area contributed by atoms with Crippen LogP contribution in [0.15, 0.2) is 0 Å². The van der Waals surface area contributed by atoms with Gasteiger partial charge >= 0.3 is 0 Å². The molecule has 0 spiro atoms. The highest BCUT2D eigenvalue weighted by molar-refractivity contribution is 7.11. The molecule has 0 saturated carbocycles. The summed E-state index contributed by atoms with van der Waals surface area (Å²) in [5.41, 5.74) is 1.27. The molecule has 1 fully saturated rings. The molecule has 120 valence electrons. The molecule has 1 unspecified atom stereocenters. The van der Waals surface area contributed by atoms with Gasteiger partial charge in [-0.25, -0.2) is 4.98 Å². The fourth-order valence-electron chi connectivity index (χ4n) is 2.64. The molecule has 1 aliphatic rings. The summed E-state index contributed by atoms with van der Waals surface area (Å²) in [6, 6.07) is 0.577. The van der Waals surface area contributed by atoms with Crippen molar-refractivity contribution in [3.05, 3.63) is 15.6 Å². The van der Waals surface area contributed by atoms with Crippen LogP contribution in [0.3, 0.4) is 0 Å². The van der Waals surface area contributed by atoms with Crippen LogP contribution < -0.4 is 5.32 Å². The van der Waals surface area contributed by atoms with Crippen molar-refractivity contribution in [2.75, 3.05) is 26.2 Å². The number of rotatable bonds is 7. The molecule has 1 aromatic heterocycles. The first-order chi connectivity index (χ1) is 10.2. The summed E-state index contributed by atoms with van der Waals surface area (Å²) in [4.78, 5) is 8.77. The highest BCUT2D eigenvalue weighted by Crippen LogP contribution is 2.30. The van der Waals surface area contributed by atoms with E-state index in [1.807, 2.05) is 11.3 Å². The molecule has 5 heteroatoms. The summed E-state index contributed by atoms with van der Waals surface area (Å²) >= 11 is 1.83. The van der Waals surface area contributed by atoms with Crippen molar-refractivity contribution in [2.45, 2.75) is 59.2 Å². The minimum absolute atomic E-state index is 0.150. The van der Waals surface area contributed by atoms with Crippen LogP contribution in [0.4, 0.5) is 0 Å². The van der Waals surface area contributed by atoms with Gasteiger partial charge in [0.25, 0.3) is 0 Å². The molecule has 1 N–H and O–H groups in total. The highest BCUT2D eigenvalue weighted by atomic mass is 32.1. The Hall–Kier alpha value is -0.490. The first-order valence-electron chi connectivity index (χ1n) is 8.20. The number of nitrogens with one attached hydrogen (secondary N) is 1. The van der Waals surface area contributed by atoms with E-state index in [4.69, 9.17) is 9.72 Å². The predicted molar refractivity (Wildman–Crippen MR) is 88.9 cm³/mol. The van der Waals surface area contributed by atoms with Crippen molar-refractivity contribution in [1.29, 1.82) is 0 Å².